The third kappa shape index (κ3) is 3.67. The Morgan fingerprint density at radius 3 is 2.50 bits per heavy atom. The molecule has 0 radical (unpaired) electrons. The number of esters is 1. The van der Waals surface area contributed by atoms with Gasteiger partial charge in [-0.15, -0.1) is 0 Å². The molecule has 128 valence electrons. The number of rotatable bonds is 5. The fraction of sp³-hybridized carbons (Fsp3) is 0.133. The van der Waals surface area contributed by atoms with Crippen molar-refractivity contribution < 1.29 is 31.1 Å². The van der Waals surface area contributed by atoms with Crippen molar-refractivity contribution in [2.45, 2.75) is 11.8 Å². The van der Waals surface area contributed by atoms with E-state index in [-0.39, 0.29) is 17.9 Å². The molecule has 0 saturated carbocycles. The highest BCUT2D eigenvalue weighted by Gasteiger charge is 2.24. The van der Waals surface area contributed by atoms with Crippen molar-refractivity contribution in [3.05, 3.63) is 59.4 Å². The summed E-state index contributed by atoms with van der Waals surface area (Å²) >= 11 is 0. The molecule has 24 heavy (non-hydrogen) atoms. The van der Waals surface area contributed by atoms with E-state index < -0.39 is 38.3 Å². The normalized spacial score (nSPS) is 11.2. The van der Waals surface area contributed by atoms with Crippen LogP contribution in [0.1, 0.15) is 17.3 Å². The van der Waals surface area contributed by atoms with Crippen LogP contribution in [0, 0.1) is 17.5 Å². The first-order valence-corrected chi connectivity index (χ1v) is 8.18. The summed E-state index contributed by atoms with van der Waals surface area (Å²) in [5.41, 5.74) is 0.00694. The molecule has 0 heterocycles. The number of benzene rings is 2. The zero-order chi connectivity index (χ0) is 17.9. The fourth-order valence-corrected chi connectivity index (χ4v) is 2.97. The van der Waals surface area contributed by atoms with Crippen LogP contribution in [0.15, 0.2) is 41.3 Å². The Kier molecular flexibility index (Phi) is 5.13. The van der Waals surface area contributed by atoms with Crippen LogP contribution >= 0.6 is 0 Å². The number of ether oxygens (including phenoxy) is 1. The van der Waals surface area contributed by atoms with Gasteiger partial charge in [-0.05, 0) is 37.3 Å². The smallest absolute Gasteiger partial charge is 0.338 e. The molecule has 0 amide bonds. The summed E-state index contributed by atoms with van der Waals surface area (Å²) < 4.78 is 70.8. The monoisotopic (exact) mass is 359 g/mol. The van der Waals surface area contributed by atoms with Gasteiger partial charge in [0.25, 0.3) is 10.0 Å². The Balaban J connectivity index is 2.35. The van der Waals surface area contributed by atoms with E-state index in [2.05, 4.69) is 0 Å². The first kappa shape index (κ1) is 17.8. The van der Waals surface area contributed by atoms with E-state index in [0.29, 0.717) is 12.1 Å². The first-order valence-electron chi connectivity index (χ1n) is 6.69. The second-order valence-electron chi connectivity index (χ2n) is 4.58. The van der Waals surface area contributed by atoms with Crippen LogP contribution in [-0.4, -0.2) is 21.0 Å². The number of carbonyl (C=O) groups is 1. The van der Waals surface area contributed by atoms with Gasteiger partial charge in [0.05, 0.1) is 12.2 Å². The molecule has 2 aromatic rings. The van der Waals surface area contributed by atoms with Gasteiger partial charge in [-0.1, -0.05) is 6.07 Å². The Morgan fingerprint density at radius 2 is 1.83 bits per heavy atom. The van der Waals surface area contributed by atoms with E-state index >= 15 is 0 Å². The fourth-order valence-electron chi connectivity index (χ4n) is 1.85. The highest BCUT2D eigenvalue weighted by molar-refractivity contribution is 7.92. The lowest BCUT2D eigenvalue weighted by molar-refractivity contribution is 0.0526. The molecule has 0 aliphatic rings. The van der Waals surface area contributed by atoms with E-state index in [4.69, 9.17) is 4.74 Å². The van der Waals surface area contributed by atoms with Crippen molar-refractivity contribution >= 4 is 21.7 Å². The molecule has 0 aliphatic heterocycles. The molecular weight excluding hydrogens is 347 g/mol. The molecule has 0 saturated heterocycles. The Labute approximate surface area is 136 Å². The molecule has 0 bridgehead atoms. The number of halogens is 3. The minimum absolute atomic E-state index is 0.0651. The minimum Gasteiger partial charge on any atom is -0.462 e. The van der Waals surface area contributed by atoms with Crippen LogP contribution in [0.5, 0.6) is 0 Å². The molecule has 9 heteroatoms. The number of hydrogen-bond donors (Lipinski definition) is 1. The number of hydrogen-bond acceptors (Lipinski definition) is 4. The Morgan fingerprint density at radius 1 is 1.12 bits per heavy atom. The Hall–Kier alpha value is -2.55. The summed E-state index contributed by atoms with van der Waals surface area (Å²) in [6, 6.07) is 6.36. The number of nitrogens with one attached hydrogen (secondary N) is 1. The first-order chi connectivity index (χ1) is 11.3. The van der Waals surface area contributed by atoms with E-state index in [0.717, 1.165) is 0 Å². The van der Waals surface area contributed by atoms with Gasteiger partial charge in [-0.3, -0.25) is 4.72 Å². The molecule has 2 aromatic carbocycles. The average Bonchev–Trinajstić information content (AvgIpc) is 2.52. The van der Waals surface area contributed by atoms with Gasteiger partial charge in [0.1, 0.15) is 4.90 Å². The third-order valence-corrected chi connectivity index (χ3v) is 4.31. The van der Waals surface area contributed by atoms with E-state index in [1.807, 2.05) is 4.72 Å². The maximum Gasteiger partial charge on any atom is 0.338 e. The number of anilines is 1. The maximum atomic E-state index is 13.7. The lowest BCUT2D eigenvalue weighted by Gasteiger charge is -2.10. The van der Waals surface area contributed by atoms with Crippen molar-refractivity contribution in [3.8, 4) is 0 Å². The van der Waals surface area contributed by atoms with Crippen molar-refractivity contribution in [2.24, 2.45) is 0 Å². The molecule has 0 aromatic heterocycles. The molecule has 0 atom stereocenters. The zero-order valence-corrected chi connectivity index (χ0v) is 13.2. The van der Waals surface area contributed by atoms with Gasteiger partial charge in [0, 0.05) is 5.69 Å². The van der Waals surface area contributed by atoms with Crippen molar-refractivity contribution in [3.63, 3.8) is 0 Å². The summed E-state index contributed by atoms with van der Waals surface area (Å²) in [6.07, 6.45) is 0. The van der Waals surface area contributed by atoms with Gasteiger partial charge in [0.15, 0.2) is 17.5 Å². The molecule has 5 nitrogen and oxygen atoms in total. The highest BCUT2D eigenvalue weighted by Crippen LogP contribution is 2.23. The van der Waals surface area contributed by atoms with Gasteiger partial charge in [0.2, 0.25) is 0 Å². The second-order valence-corrected chi connectivity index (χ2v) is 6.23. The minimum atomic E-state index is -4.52. The van der Waals surface area contributed by atoms with E-state index in [1.165, 1.54) is 24.3 Å². The van der Waals surface area contributed by atoms with Crippen LogP contribution in [-0.2, 0) is 14.8 Å². The maximum absolute atomic E-state index is 13.7. The topological polar surface area (TPSA) is 72.5 Å². The quantitative estimate of drug-likeness (QED) is 0.658. The van der Waals surface area contributed by atoms with Crippen molar-refractivity contribution in [1.82, 2.24) is 0 Å². The van der Waals surface area contributed by atoms with Crippen LogP contribution in [0.25, 0.3) is 0 Å². The van der Waals surface area contributed by atoms with E-state index in [1.54, 1.807) is 6.92 Å². The molecule has 0 unspecified atom stereocenters. The Bertz CT molecular complexity index is 884. The molecular formula is C15H12F3NO4S. The molecule has 0 aliphatic carbocycles. The van der Waals surface area contributed by atoms with Crippen LogP contribution in [0.3, 0.4) is 0 Å². The molecule has 1 N–H and O–H groups in total. The summed E-state index contributed by atoms with van der Waals surface area (Å²) in [5, 5.41) is 0. The van der Waals surface area contributed by atoms with Gasteiger partial charge in [-0.2, -0.15) is 0 Å². The lowest BCUT2D eigenvalue weighted by atomic mass is 10.2. The summed E-state index contributed by atoms with van der Waals surface area (Å²) in [5.74, 6) is -5.89. The standard InChI is InChI=1S/C15H12F3NO4S/c1-2-23-15(20)9-4-3-5-10(8-9)19-24(21,22)12-7-6-11(16)13(17)14(12)18/h3-8,19H,2H2,1H3. The molecule has 0 fully saturated rings. The predicted octanol–water partition coefficient (Wildman–Crippen LogP) is 3.08. The lowest BCUT2D eigenvalue weighted by Crippen LogP contribution is -2.16. The van der Waals surface area contributed by atoms with Crippen LogP contribution in [0.2, 0.25) is 0 Å². The average molecular weight is 359 g/mol. The van der Waals surface area contributed by atoms with Crippen molar-refractivity contribution in [1.29, 1.82) is 0 Å². The third-order valence-electron chi connectivity index (χ3n) is 2.92. The summed E-state index contributed by atoms with van der Waals surface area (Å²) in [6.45, 7) is 1.74. The zero-order valence-electron chi connectivity index (χ0n) is 12.3. The van der Waals surface area contributed by atoms with Gasteiger partial charge < -0.3 is 4.74 Å². The second kappa shape index (κ2) is 6.91. The largest absolute Gasteiger partial charge is 0.462 e. The highest BCUT2D eigenvalue weighted by atomic mass is 32.2. The summed E-state index contributed by atoms with van der Waals surface area (Å²) in [4.78, 5) is 10.6. The summed E-state index contributed by atoms with van der Waals surface area (Å²) in [7, 11) is -4.52. The number of carbonyl (C=O) groups excluding carboxylic acids is 1. The molecule has 0 spiro atoms. The predicted molar refractivity (Wildman–Crippen MR) is 79.5 cm³/mol. The van der Waals surface area contributed by atoms with Gasteiger partial charge in [-0.25, -0.2) is 26.4 Å². The number of sulfonamides is 1. The molecule has 2 rings (SSSR count). The van der Waals surface area contributed by atoms with Gasteiger partial charge >= 0.3 is 5.97 Å². The van der Waals surface area contributed by atoms with Crippen molar-refractivity contribution in [2.75, 3.05) is 11.3 Å². The van der Waals surface area contributed by atoms with E-state index in [9.17, 15) is 26.4 Å². The SMILES string of the molecule is CCOC(=O)c1cccc(NS(=O)(=O)c2ccc(F)c(F)c2F)c1. The van der Waals surface area contributed by atoms with Crippen LogP contribution in [0.4, 0.5) is 18.9 Å². The van der Waals surface area contributed by atoms with Crippen LogP contribution < -0.4 is 4.72 Å².